The first-order valence-corrected chi connectivity index (χ1v) is 43.2. The monoisotopic (exact) mass is 1800 g/mol. The van der Waals surface area contributed by atoms with Crippen molar-refractivity contribution in [3.8, 4) is 89.0 Å². The molecule has 26 aromatic carbocycles. The van der Waals surface area contributed by atoms with Gasteiger partial charge in [0.25, 0.3) is 0 Å². The Labute approximate surface area is 871 Å². The van der Waals surface area contributed by atoms with Gasteiger partial charge in [0.1, 0.15) is 11.2 Å². The third-order valence-electron chi connectivity index (χ3n) is 23.7. The molecule has 0 saturated heterocycles. The minimum Gasteiger partial charge on any atom is -0.456 e. The molecule has 29 rings (SSSR count). The summed E-state index contributed by atoms with van der Waals surface area (Å²) in [5, 5.41) is -3.70. The molecule has 0 amide bonds. The van der Waals surface area contributed by atoms with E-state index in [0.29, 0.717) is 33.6 Å². The summed E-state index contributed by atoms with van der Waals surface area (Å²) in [6.07, 6.45) is 0. The maximum Gasteiger partial charge on any atom is 0.136 e. The highest BCUT2D eigenvalue weighted by molar-refractivity contribution is 7.26. The molecule has 3 aromatic heterocycles. The molecule has 0 radical (unpaired) electrons. The summed E-state index contributed by atoms with van der Waals surface area (Å²) in [7, 11) is 0. The molecule has 29 aromatic rings. The maximum absolute atomic E-state index is 9.80. The van der Waals surface area contributed by atoms with Crippen molar-refractivity contribution in [2.75, 3.05) is 0 Å². The highest BCUT2D eigenvalue weighted by Gasteiger charge is 2.24. The predicted molar refractivity (Wildman–Crippen MR) is 586 cm³/mol. The summed E-state index contributed by atoms with van der Waals surface area (Å²) in [4.78, 5) is 0. The zero-order valence-electron chi connectivity index (χ0n) is 129. The normalized spacial score (nSPS) is 18.1. The predicted octanol–water partition coefficient (Wildman–Crippen LogP) is 38.9. The minimum atomic E-state index is -1.10. The van der Waals surface area contributed by atoms with Crippen molar-refractivity contribution < 1.29 is 86.7 Å². The van der Waals surface area contributed by atoms with Crippen molar-refractivity contribution in [1.29, 1.82) is 0 Å². The quantitative estimate of drug-likeness (QED) is 0.138. The standard InChI is InChI=1S/C46H28O.C46H28S.C40H24S/c1-2-12-33-28-44-42(26-32(33)11-1)41-27-34(24-25-43(41)47-44)29-20-22-31(23-21-29)45-37-15-5-7-17-39(37)46(40-18-8-6-16-38(40)45)36-19-9-13-30-10-3-4-14-35(30)36;1-2-13-32-28-44-42(26-31(32)12-1)41-27-33(23-24-43(41)47-44)30-15-9-16-34(25-30)45-37-18-5-7-20-39(37)46(40-21-8-6-19-38(40)45)36-22-10-14-29-11-3-4-17-35(29)36;1-2-10-26-21-29(18-17-25(26)9-1)39-31-13-5-7-15-33(31)40(34-16-8-6-14-32(34)39)30-19-20-37-35(23-30)36-22-27-11-3-4-12-28(27)24-38(36)41-37/h2*1-28H;1-24H/i1D,2D,3D,4D,5D,6D,7D,8D,9D,10D,11D,12D,13D,14D,15D,16D,17D,18D,19D,20D,21D,22D,23D,24D,25D,26D,27D,28D;5D,6D,7D,8D,18D,19D,20D,21D;1D,2D,3D,4D,5D,6D,7D,8D,9D,10D,11D,12D,13D,14D,15D,16D,17D,18D,19D,20D,21D,22D,23D,24D. The number of benzene rings is 26. The van der Waals surface area contributed by atoms with Crippen molar-refractivity contribution in [1.82, 2.24) is 0 Å². The maximum atomic E-state index is 9.80. The molecule has 135 heavy (non-hydrogen) atoms. The van der Waals surface area contributed by atoms with Crippen LogP contribution in [-0.2, 0) is 0 Å². The van der Waals surface area contributed by atoms with E-state index < -0.39 is 491 Å². The van der Waals surface area contributed by atoms with Crippen LogP contribution < -0.4 is 0 Å². The highest BCUT2D eigenvalue weighted by Crippen LogP contribution is 2.52. The Morgan fingerprint density at radius 3 is 1.19 bits per heavy atom. The minimum absolute atomic E-state index is 0.0959. The van der Waals surface area contributed by atoms with E-state index in [2.05, 4.69) is 42.5 Å². The van der Waals surface area contributed by atoms with Crippen molar-refractivity contribution in [2.45, 2.75) is 0 Å². The van der Waals surface area contributed by atoms with E-state index in [-0.39, 0.29) is 76.7 Å². The van der Waals surface area contributed by atoms with Crippen LogP contribution in [0.4, 0.5) is 0 Å². The molecular weight excluding hydrogens is 1670 g/mol. The molecule has 3 heteroatoms. The lowest BCUT2D eigenvalue weighted by molar-refractivity contribution is 0.669. The van der Waals surface area contributed by atoms with Gasteiger partial charge in [-0.25, -0.2) is 0 Å². The molecule has 0 atom stereocenters. The number of hydrogen-bond donors (Lipinski definition) is 0. The van der Waals surface area contributed by atoms with Gasteiger partial charge < -0.3 is 4.42 Å². The smallest absolute Gasteiger partial charge is 0.136 e. The van der Waals surface area contributed by atoms with Crippen LogP contribution >= 0.6 is 22.7 Å². The van der Waals surface area contributed by atoms with E-state index in [1.165, 1.54) is 25.6 Å². The largest absolute Gasteiger partial charge is 0.456 e. The first-order valence-electron chi connectivity index (χ1n) is 71.6. The van der Waals surface area contributed by atoms with Crippen LogP contribution in [0.2, 0.25) is 0 Å². The van der Waals surface area contributed by atoms with Gasteiger partial charge >= 0.3 is 0 Å². The summed E-state index contributed by atoms with van der Waals surface area (Å²) >= 11 is 2.44. The highest BCUT2D eigenvalue weighted by atomic mass is 32.1. The Morgan fingerprint density at radius 2 is 0.563 bits per heavy atom. The zero-order chi connectivity index (χ0) is 141. The van der Waals surface area contributed by atoms with Gasteiger partial charge in [-0.2, -0.15) is 0 Å². The average molecular weight is 1810 g/mol. The second-order valence-electron chi connectivity index (χ2n) is 31.1. The van der Waals surface area contributed by atoms with Gasteiger partial charge in [0.15, 0.2) is 0 Å². The Balaban J connectivity index is 0.000000136. The number of hydrogen-bond acceptors (Lipinski definition) is 3. The summed E-state index contributed by atoms with van der Waals surface area (Å²) in [5.74, 6) is 0. The van der Waals surface area contributed by atoms with Crippen molar-refractivity contribution in [2.24, 2.45) is 0 Å². The van der Waals surface area contributed by atoms with Crippen LogP contribution in [0.1, 0.15) is 82.2 Å². The van der Waals surface area contributed by atoms with Gasteiger partial charge in [-0.15, -0.1) is 22.7 Å². The van der Waals surface area contributed by atoms with Gasteiger partial charge in [0, 0.05) is 51.1 Å². The van der Waals surface area contributed by atoms with Crippen LogP contribution in [0.3, 0.4) is 0 Å². The Bertz CT molecular complexity index is 13700. The van der Waals surface area contributed by atoms with Crippen LogP contribution in [0, 0.1) is 0 Å². The van der Waals surface area contributed by atoms with Crippen LogP contribution in [0.15, 0.2) is 488 Å². The fraction of sp³-hybridized carbons (Fsp3) is 0. The van der Waals surface area contributed by atoms with E-state index in [1.807, 2.05) is 78.9 Å². The molecule has 0 aliphatic heterocycles. The van der Waals surface area contributed by atoms with Crippen LogP contribution in [-0.4, -0.2) is 0 Å². The molecule has 0 N–H and O–H groups in total. The number of furan rings is 1. The number of thiophene rings is 2. The lowest BCUT2D eigenvalue weighted by atomic mass is 9.84. The fourth-order valence-corrected chi connectivity index (χ4v) is 19.9. The second-order valence-corrected chi connectivity index (χ2v) is 33.2. The van der Waals surface area contributed by atoms with Gasteiger partial charge in [-0.3, -0.25) is 0 Å². The molecule has 0 aliphatic rings. The SMILES string of the molecule is [2H]c1c(-c2c3c([2H])c([2H])c([2H])c([2H])c3c(-c3c([2H])c([2H])c4c([2H])c([2H])c([2H])c([2H])c4c3[2H])c3c([2H])c([2H])c([2H])c([2H])c23)c([2H])c2c(sc3c([2H])c4c([2H])c([2H])c([2H])c([2H])c4c([2H])c32)c1[2H].[2H]c1c([2H])c(-c2c3c([2H])c([2H])c([2H])c([2H])c3c(-c3c([2H])c([2H])c([2H])c4c([2H])c([2H])c([2H])c([2H])c34)c3c([2H])c([2H])c([2H])c([2H])c23)c([2H])c([2H])c1-c1c([2H])c([2H])c2oc3c([2H])c4c([2H])c([2H])c([2H])c([2H])c4c([2H])c3c2c1[2H].[2H]c1c([2H])c([2H])c2c(-c3cccc4ccccc34)c3c([2H])c([2H])c([2H])c([2H])c3c(-c3cccc(-c4ccc5sc6cc7ccccc7cc6c5c4)c3)c2c1[2H]. The Hall–Kier alpha value is -16.9. The average Bonchev–Trinajstić information content (AvgIpc) is 1.56. The topological polar surface area (TPSA) is 13.1 Å². The van der Waals surface area contributed by atoms with E-state index in [0.717, 1.165) is 27.3 Å². The van der Waals surface area contributed by atoms with Gasteiger partial charge in [-0.05, 0) is 303 Å². The lowest BCUT2D eigenvalue weighted by Crippen LogP contribution is -1.92. The van der Waals surface area contributed by atoms with Crippen molar-refractivity contribution >= 4 is 214 Å². The molecule has 0 fully saturated rings. The van der Waals surface area contributed by atoms with E-state index in [9.17, 15) is 32.9 Å². The Morgan fingerprint density at radius 1 is 0.156 bits per heavy atom. The molecule has 0 bridgehead atoms. The summed E-state index contributed by atoms with van der Waals surface area (Å²) in [6.45, 7) is 0. The molecule has 0 aliphatic carbocycles. The molecule has 626 valence electrons. The van der Waals surface area contributed by atoms with Gasteiger partial charge in [0.05, 0.1) is 82.2 Å². The molecule has 0 unspecified atom stereocenters. The number of fused-ring (bicyclic) bond motifs is 21. The second kappa shape index (κ2) is 32.0. The molecular formula is C132H80OS2. The summed E-state index contributed by atoms with van der Waals surface area (Å²) in [5.41, 5.74) is -4.63. The van der Waals surface area contributed by atoms with Gasteiger partial charge in [-0.1, -0.05) is 399 Å². The summed E-state index contributed by atoms with van der Waals surface area (Å²) < 4.78 is 547. The first kappa shape index (κ1) is 38.9. The van der Waals surface area contributed by atoms with E-state index in [4.69, 9.17) is 53.8 Å². The molecule has 1 nitrogen and oxygen atoms in total. The van der Waals surface area contributed by atoms with Crippen molar-refractivity contribution in [3.63, 3.8) is 0 Å². The summed E-state index contributed by atoms with van der Waals surface area (Å²) in [6, 6.07) is -7.00. The van der Waals surface area contributed by atoms with E-state index in [1.54, 1.807) is 11.3 Å². The fourth-order valence-electron chi connectivity index (χ4n) is 17.8. The lowest BCUT2D eigenvalue weighted by Gasteiger charge is -2.19. The van der Waals surface area contributed by atoms with E-state index >= 15 is 0 Å². The number of rotatable bonds is 8. The van der Waals surface area contributed by atoms with Crippen molar-refractivity contribution in [3.05, 3.63) is 484 Å². The molecule has 0 saturated carbocycles. The third kappa shape index (κ3) is 13.2. The van der Waals surface area contributed by atoms with Crippen LogP contribution in [0.25, 0.3) is 281 Å². The molecule has 0 spiro atoms. The van der Waals surface area contributed by atoms with Gasteiger partial charge in [0.2, 0.25) is 0 Å². The van der Waals surface area contributed by atoms with Crippen LogP contribution in [0.5, 0.6) is 0 Å². The third-order valence-corrected chi connectivity index (χ3v) is 25.9. The first-order chi connectivity index (χ1) is 91.9. The zero-order valence-corrected chi connectivity index (χ0v) is 70.4. The Kier molecular flexibility index (Phi) is 9.21. The molecule has 3 heterocycles.